The van der Waals surface area contributed by atoms with Crippen LogP contribution in [0.2, 0.25) is 0 Å². The van der Waals surface area contributed by atoms with Crippen molar-refractivity contribution >= 4 is 56.8 Å². The van der Waals surface area contributed by atoms with E-state index in [-0.39, 0.29) is 163 Å². The predicted octanol–water partition coefficient (Wildman–Crippen LogP) is 13.1. The average molecular weight is 1660 g/mol. The zero-order valence-electron chi connectivity index (χ0n) is 65.2. The summed E-state index contributed by atoms with van der Waals surface area (Å²) in [6, 6.07) is 23.0. The number of nitrogens with zero attached hydrogens (tertiary/aromatic N) is 5. The number of hydrogen-bond acceptors (Lipinski definition) is 17. The zero-order chi connectivity index (χ0) is 80.0. The van der Waals surface area contributed by atoms with E-state index in [1.807, 2.05) is 65.0 Å². The van der Waals surface area contributed by atoms with Crippen LogP contribution < -0.4 is 114 Å². The number of carbonyl (C=O) groups excluding carboxylic acids is 4. The van der Waals surface area contributed by atoms with Crippen molar-refractivity contribution in [2.24, 2.45) is 23.7 Å². The predicted molar refractivity (Wildman–Crippen MR) is 404 cm³/mol. The molecule has 4 N–H and O–H groups in total. The molecule has 0 saturated heterocycles. The first-order chi connectivity index (χ1) is 50.9. The zero-order valence-corrected chi connectivity index (χ0v) is 72.9. The molecule has 0 fully saturated rings. The molecular formula is C80H94ClF6K2N6O14S2-. The molecule has 10 rings (SSSR count). The first-order valence-electron chi connectivity index (χ1n) is 34.5. The van der Waals surface area contributed by atoms with Crippen molar-refractivity contribution in [3.63, 3.8) is 0 Å². The minimum absolute atomic E-state index is 0. The van der Waals surface area contributed by atoms with Gasteiger partial charge in [-0.25, -0.2) is 32.2 Å². The Morgan fingerprint density at radius 3 is 1.20 bits per heavy atom. The van der Waals surface area contributed by atoms with Crippen LogP contribution >= 0.6 is 11.6 Å². The van der Waals surface area contributed by atoms with Gasteiger partial charge in [-0.05, 0) is 273 Å². The van der Waals surface area contributed by atoms with Crippen LogP contribution in [0.25, 0.3) is 33.9 Å². The molecule has 20 nitrogen and oxygen atoms in total. The van der Waals surface area contributed by atoms with Gasteiger partial charge >= 0.3 is 133 Å². The Morgan fingerprint density at radius 2 is 0.919 bits per heavy atom. The molecule has 0 aliphatic heterocycles. The maximum Gasteiger partial charge on any atom is 1.00 e. The Kier molecular flexibility index (Phi) is 41.6. The minimum atomic E-state index is -4.92. The summed E-state index contributed by atoms with van der Waals surface area (Å²) in [5.41, 5.74) is 10.9. The summed E-state index contributed by atoms with van der Waals surface area (Å²) in [6.07, 6.45) is 6.48. The molecule has 2 heterocycles. The van der Waals surface area contributed by atoms with Crippen molar-refractivity contribution in [2.75, 3.05) is 26.4 Å². The number of benzene rings is 4. The van der Waals surface area contributed by atoms with E-state index >= 15 is 0 Å². The van der Waals surface area contributed by atoms with Crippen LogP contribution in [-0.2, 0) is 57.3 Å². The second-order valence-electron chi connectivity index (χ2n) is 27.0. The molecular weight excluding hydrogens is 1560 g/mol. The number of alkyl halides is 6. The van der Waals surface area contributed by atoms with E-state index in [1.165, 1.54) is 64.2 Å². The van der Waals surface area contributed by atoms with E-state index in [0.29, 0.717) is 78.3 Å². The quantitative estimate of drug-likeness (QED) is 0.00876. The summed E-state index contributed by atoms with van der Waals surface area (Å²) in [5, 5.41) is 24.8. The first-order valence-corrected chi connectivity index (χ1v) is 37.4. The number of ether oxygens (including phenoxy) is 3. The van der Waals surface area contributed by atoms with Gasteiger partial charge in [-0.15, -0.1) is 0 Å². The SMILES string of the molecule is C=C(C)[C@@H]1CC=C(CO)CC1.C=C(C)[C@@H]1CC=C(COC(=O)Cl)CC1.C=C(C)[C@@H]1CC=C(COC(=O)N(C(=O)OCC2=CC[C@@H](C(=C)C)CC2)S(=O)(=O)c2ccc(-n3nc(C(F)(F)F)cc3-c3cc(C)ccc3C)cc2)CC1.Cc1ccc(C)c(-c2cc(C(F)(F)F)nn2-c2ccc(S(=O)[O-])cc2)c1.N.O=CO[O-].[H-].[K+].[K+]. The van der Waals surface area contributed by atoms with Gasteiger partial charge in [0.25, 0.3) is 16.5 Å². The summed E-state index contributed by atoms with van der Waals surface area (Å²) >= 11 is 2.66. The molecule has 592 valence electrons. The summed E-state index contributed by atoms with van der Waals surface area (Å²) < 4.78 is 149. The van der Waals surface area contributed by atoms with Crippen LogP contribution in [-0.4, -0.2) is 96.7 Å². The fourth-order valence-electron chi connectivity index (χ4n) is 12.1. The number of sulfonamides is 1. The Labute approximate surface area is 739 Å². The van der Waals surface area contributed by atoms with Crippen molar-refractivity contribution in [3.05, 3.63) is 226 Å². The molecule has 111 heavy (non-hydrogen) atoms. The molecule has 5 atom stereocenters. The number of carbonyl (C=O) groups is 4. The number of halogens is 7. The fourth-order valence-corrected chi connectivity index (χ4v) is 13.7. The third-order valence-electron chi connectivity index (χ3n) is 18.7. The Bertz CT molecular complexity index is 4470. The fraction of sp³-hybridized carbons (Fsp3) is 0.375. The standard InChI is InChI=1S/C40H44F3N3O6S.C18H15F3N2O2S.C11H15ClO2.C10H16O.CH2O3.2K.H3N.H/c1-25(2)31-13-9-29(10-14-31)23-51-38(47)46(39(48)52-24-30-11-15-32(16-12-30)26(3)4)53(49,50)34-19-17-33(18-20-34)45-36(22-37(44-45)40(41,42)43)35-21-27(5)7-8-28(35)6;1-11-3-4-12(2)15(9-11)16-10-17(18(19,20)21)22-23(16)13-5-7-14(8-6-13)26(24)25;1-8(2)10-5-3-9(4-6-10)7-14-11(12)13;1-8(2)10-5-3-9(7-11)4-6-10;2-1-4-3;;;;/h7-9,11,17-22,31-32H,1,3,10,12-16,23-24H2,2,4-6H3;3-10H,1-2H3,(H,24,25);3,10H,1,4-7H2,2H3;3,10-11H,1,4-7H2,2H3;1,3H;;;1H3;/q;;;;;2*+1;;-1/p-2/t31-,32-;;2*10-;;;;;/m1.11...../s1. The topological polar surface area (TPSA) is 297 Å². The Hall–Kier alpha value is -6.02. The normalized spacial score (nSPS) is 16.8. The van der Waals surface area contributed by atoms with E-state index in [1.54, 1.807) is 25.1 Å². The number of aliphatic hydroxyl groups excluding tert-OH is 1. The number of aryl methyl sites for hydroxylation is 4. The number of aromatic nitrogens is 4. The van der Waals surface area contributed by atoms with E-state index < -0.39 is 67.4 Å². The van der Waals surface area contributed by atoms with Gasteiger partial charge in [-0.1, -0.05) is 113 Å². The van der Waals surface area contributed by atoms with Crippen molar-refractivity contribution in [2.45, 2.75) is 155 Å². The molecule has 0 saturated carbocycles. The minimum Gasteiger partial charge on any atom is -1.00 e. The van der Waals surface area contributed by atoms with E-state index in [4.69, 9.17) is 41.0 Å². The molecule has 4 aromatic carbocycles. The number of imide groups is 1. The van der Waals surface area contributed by atoms with Crippen molar-refractivity contribution in [3.8, 4) is 33.9 Å². The maximum absolute atomic E-state index is 14.0. The average Bonchev–Trinajstić information content (AvgIpc) is 1.63. The summed E-state index contributed by atoms with van der Waals surface area (Å²) in [7, 11) is -4.92. The van der Waals surface area contributed by atoms with Gasteiger partial charge in [0.2, 0.25) is 0 Å². The molecule has 2 aromatic heterocycles. The third kappa shape index (κ3) is 30.0. The summed E-state index contributed by atoms with van der Waals surface area (Å²) in [5.74, 6) is 1.83. The molecule has 6 aromatic rings. The third-order valence-corrected chi connectivity index (χ3v) is 21.2. The molecule has 0 spiro atoms. The van der Waals surface area contributed by atoms with Gasteiger partial charge in [-0.3, -0.25) is 9.00 Å². The van der Waals surface area contributed by atoms with Gasteiger partial charge in [0.15, 0.2) is 11.4 Å². The monoisotopic (exact) mass is 1650 g/mol. The van der Waals surface area contributed by atoms with Crippen LogP contribution in [0.3, 0.4) is 0 Å². The number of hydrogen-bond donors (Lipinski definition) is 2. The number of amides is 2. The van der Waals surface area contributed by atoms with Crippen LogP contribution in [0, 0.1) is 51.4 Å². The Balaban J connectivity index is 0.000000592. The second-order valence-corrected chi connectivity index (χ2v) is 30.0. The Morgan fingerprint density at radius 1 is 0.595 bits per heavy atom. The summed E-state index contributed by atoms with van der Waals surface area (Å²) in [4.78, 5) is 48.1. The molecule has 31 heteroatoms. The van der Waals surface area contributed by atoms with Crippen molar-refractivity contribution < 1.29 is 196 Å². The molecule has 0 radical (unpaired) electrons. The molecule has 0 bridgehead atoms. The van der Waals surface area contributed by atoms with E-state index in [2.05, 4.69) is 67.4 Å². The smallest absolute Gasteiger partial charge is 1.00 e. The largest absolute Gasteiger partial charge is 1.00 e. The van der Waals surface area contributed by atoms with Crippen LogP contribution in [0.15, 0.2) is 202 Å². The van der Waals surface area contributed by atoms with E-state index in [0.717, 1.165) is 118 Å². The van der Waals surface area contributed by atoms with Crippen LogP contribution in [0.4, 0.5) is 40.7 Å². The molecule has 2 amide bonds. The van der Waals surface area contributed by atoms with Crippen molar-refractivity contribution in [1.82, 2.24) is 30.0 Å². The van der Waals surface area contributed by atoms with Crippen LogP contribution in [0.5, 0.6) is 0 Å². The van der Waals surface area contributed by atoms with Gasteiger partial charge in [-0.2, -0.15) is 36.5 Å². The molecule has 1 unspecified atom stereocenters. The summed E-state index contributed by atoms with van der Waals surface area (Å²) in [6.45, 7) is 31.1. The second kappa shape index (κ2) is 46.5. The van der Waals surface area contributed by atoms with Gasteiger partial charge < -0.3 is 41.6 Å². The van der Waals surface area contributed by atoms with Crippen LogP contribution in [0.1, 0.15) is 140 Å². The first kappa shape index (κ1) is 99.2. The molecule has 4 aliphatic carbocycles. The van der Waals surface area contributed by atoms with Gasteiger partial charge in [0.05, 0.1) is 34.3 Å². The number of allylic oxidation sites excluding steroid dienone is 8. The van der Waals surface area contributed by atoms with Gasteiger partial charge in [0.1, 0.15) is 19.8 Å². The molecule has 4 aliphatic rings. The number of aliphatic hydroxyl groups is 1. The maximum atomic E-state index is 14.0. The number of rotatable bonds is 19. The van der Waals surface area contributed by atoms with E-state index in [9.17, 15) is 57.9 Å². The van der Waals surface area contributed by atoms with Crippen molar-refractivity contribution in [1.29, 1.82) is 0 Å². The van der Waals surface area contributed by atoms with Gasteiger partial charge in [0, 0.05) is 27.6 Å².